The molecular weight excluding hydrogens is 293 g/mol. The van der Waals surface area contributed by atoms with Crippen molar-refractivity contribution in [1.82, 2.24) is 15.2 Å². The lowest BCUT2D eigenvalue weighted by Gasteiger charge is -2.18. The largest absolute Gasteiger partial charge is 0.324 e. The third-order valence-electron chi connectivity index (χ3n) is 3.81. The van der Waals surface area contributed by atoms with Crippen molar-refractivity contribution < 1.29 is 4.39 Å². The number of para-hydroxylation sites is 1. The highest BCUT2D eigenvalue weighted by molar-refractivity contribution is 5.67. The minimum absolute atomic E-state index is 0.281. The second-order valence-electron chi connectivity index (χ2n) is 5.30. The third-order valence-corrected chi connectivity index (χ3v) is 3.81. The predicted octanol–water partition coefficient (Wildman–Crippen LogP) is 3.45. The van der Waals surface area contributed by atoms with E-state index in [1.807, 2.05) is 12.1 Å². The van der Waals surface area contributed by atoms with E-state index < -0.39 is 0 Å². The molecule has 1 aliphatic rings. The molecule has 0 saturated heterocycles. The normalized spacial score (nSPS) is 13.0. The monoisotopic (exact) mass is 307 g/mol. The Morgan fingerprint density at radius 1 is 1.04 bits per heavy atom. The topological polar surface area (TPSA) is 53.9 Å². The Labute approximate surface area is 132 Å². The van der Waals surface area contributed by atoms with E-state index in [0.717, 1.165) is 24.5 Å². The van der Waals surface area contributed by atoms with Gasteiger partial charge in [-0.1, -0.05) is 18.2 Å². The van der Waals surface area contributed by atoms with Gasteiger partial charge in [0.05, 0.1) is 6.20 Å². The second kappa shape index (κ2) is 5.64. The molecule has 114 valence electrons. The van der Waals surface area contributed by atoms with Crippen molar-refractivity contribution in [2.24, 2.45) is 0 Å². The fraction of sp³-hybridized carbons (Fsp3) is 0.118. The van der Waals surface area contributed by atoms with Crippen LogP contribution in [-0.2, 0) is 6.42 Å². The Kier molecular flexibility index (Phi) is 3.34. The molecule has 0 spiro atoms. The quantitative estimate of drug-likeness (QED) is 0.803. The number of benzene rings is 2. The summed E-state index contributed by atoms with van der Waals surface area (Å²) in [7, 11) is 0. The fourth-order valence-electron chi connectivity index (χ4n) is 2.72. The van der Waals surface area contributed by atoms with Crippen LogP contribution in [0.25, 0.3) is 0 Å². The van der Waals surface area contributed by atoms with Gasteiger partial charge in [0.25, 0.3) is 0 Å². The highest BCUT2D eigenvalue weighted by atomic mass is 19.1. The summed E-state index contributed by atoms with van der Waals surface area (Å²) in [5.74, 6) is 0.852. The summed E-state index contributed by atoms with van der Waals surface area (Å²) in [6.45, 7) is 0.869. The van der Waals surface area contributed by atoms with E-state index >= 15 is 0 Å². The highest BCUT2D eigenvalue weighted by Gasteiger charge is 2.21. The van der Waals surface area contributed by atoms with Crippen LogP contribution < -0.4 is 10.2 Å². The number of anilines is 4. The zero-order valence-corrected chi connectivity index (χ0v) is 12.3. The lowest BCUT2D eigenvalue weighted by Crippen LogP contribution is -2.16. The lowest BCUT2D eigenvalue weighted by molar-refractivity contribution is 0.628. The summed E-state index contributed by atoms with van der Waals surface area (Å²) >= 11 is 0. The molecule has 0 radical (unpaired) electrons. The number of rotatable bonds is 3. The van der Waals surface area contributed by atoms with Gasteiger partial charge < -0.3 is 10.2 Å². The molecule has 1 N–H and O–H groups in total. The highest BCUT2D eigenvalue weighted by Crippen LogP contribution is 2.33. The van der Waals surface area contributed by atoms with Crippen LogP contribution in [0.4, 0.5) is 27.5 Å². The Bertz CT molecular complexity index is 834. The first kappa shape index (κ1) is 13.6. The van der Waals surface area contributed by atoms with Crippen molar-refractivity contribution in [2.45, 2.75) is 6.42 Å². The van der Waals surface area contributed by atoms with Crippen molar-refractivity contribution in [3.63, 3.8) is 0 Å². The maximum absolute atomic E-state index is 13.0. The van der Waals surface area contributed by atoms with Crippen LogP contribution in [0.3, 0.4) is 0 Å². The molecule has 23 heavy (non-hydrogen) atoms. The van der Waals surface area contributed by atoms with Crippen LogP contribution in [0.2, 0.25) is 0 Å². The maximum atomic E-state index is 13.0. The van der Waals surface area contributed by atoms with Crippen molar-refractivity contribution in [1.29, 1.82) is 0 Å². The smallest absolute Gasteiger partial charge is 0.249 e. The van der Waals surface area contributed by atoms with Crippen molar-refractivity contribution in [3.8, 4) is 0 Å². The molecule has 6 heteroatoms. The Morgan fingerprint density at radius 2 is 1.87 bits per heavy atom. The molecule has 4 rings (SSSR count). The molecule has 0 atom stereocenters. The van der Waals surface area contributed by atoms with Gasteiger partial charge >= 0.3 is 0 Å². The maximum Gasteiger partial charge on any atom is 0.249 e. The number of hydrogen-bond acceptors (Lipinski definition) is 5. The Balaban J connectivity index is 1.61. The summed E-state index contributed by atoms with van der Waals surface area (Å²) in [5.41, 5.74) is 3.17. The number of halogens is 1. The summed E-state index contributed by atoms with van der Waals surface area (Å²) in [5, 5.41) is 11.1. The lowest BCUT2D eigenvalue weighted by atomic mass is 10.2. The molecule has 0 amide bonds. The van der Waals surface area contributed by atoms with Gasteiger partial charge in [0, 0.05) is 17.9 Å². The molecule has 5 nitrogen and oxygen atoms in total. The van der Waals surface area contributed by atoms with E-state index in [0.29, 0.717) is 11.6 Å². The van der Waals surface area contributed by atoms with E-state index in [4.69, 9.17) is 0 Å². The van der Waals surface area contributed by atoms with E-state index in [9.17, 15) is 4.39 Å². The minimum Gasteiger partial charge on any atom is -0.324 e. The average Bonchev–Trinajstić information content (AvgIpc) is 3.01. The predicted molar refractivity (Wildman–Crippen MR) is 86.7 cm³/mol. The van der Waals surface area contributed by atoms with Crippen molar-refractivity contribution in [3.05, 3.63) is 66.1 Å². The first-order valence-corrected chi connectivity index (χ1v) is 7.37. The first-order valence-electron chi connectivity index (χ1n) is 7.37. The zero-order chi connectivity index (χ0) is 15.6. The van der Waals surface area contributed by atoms with Gasteiger partial charge in [0.15, 0.2) is 5.82 Å². The second-order valence-corrected chi connectivity index (χ2v) is 5.30. The Morgan fingerprint density at radius 3 is 2.74 bits per heavy atom. The number of nitrogens with zero attached hydrogens (tertiary/aromatic N) is 4. The SMILES string of the molecule is Fc1ccc(Nc2nncc(N3CCc4ccccc43)n2)cc1. The summed E-state index contributed by atoms with van der Waals surface area (Å²) < 4.78 is 13.0. The van der Waals surface area contributed by atoms with E-state index in [1.54, 1.807) is 18.3 Å². The molecule has 0 fully saturated rings. The molecule has 1 aliphatic heterocycles. The Hall–Kier alpha value is -3.02. The summed E-state index contributed by atoms with van der Waals surface area (Å²) in [6.07, 6.45) is 2.64. The van der Waals surface area contributed by atoms with E-state index in [-0.39, 0.29) is 5.82 Å². The van der Waals surface area contributed by atoms with Crippen LogP contribution in [0.15, 0.2) is 54.7 Å². The minimum atomic E-state index is -0.281. The third kappa shape index (κ3) is 2.70. The van der Waals surface area contributed by atoms with Gasteiger partial charge in [0.2, 0.25) is 5.95 Å². The van der Waals surface area contributed by atoms with Crippen LogP contribution >= 0.6 is 0 Å². The molecule has 2 aromatic carbocycles. The van der Waals surface area contributed by atoms with E-state index in [1.165, 1.54) is 17.7 Å². The number of fused-ring (bicyclic) bond motifs is 1. The molecule has 0 bridgehead atoms. The van der Waals surface area contributed by atoms with Gasteiger partial charge in [-0.05, 0) is 42.3 Å². The first-order chi connectivity index (χ1) is 11.3. The molecule has 0 saturated carbocycles. The van der Waals surface area contributed by atoms with Gasteiger partial charge in [-0.25, -0.2) is 4.39 Å². The molecule has 3 aromatic rings. The number of hydrogen-bond donors (Lipinski definition) is 1. The summed E-state index contributed by atoms with van der Waals surface area (Å²) in [6, 6.07) is 14.3. The van der Waals surface area contributed by atoms with Crippen LogP contribution in [0.5, 0.6) is 0 Å². The summed E-state index contributed by atoms with van der Waals surface area (Å²) in [4.78, 5) is 6.64. The van der Waals surface area contributed by atoms with Crippen LogP contribution in [-0.4, -0.2) is 21.7 Å². The van der Waals surface area contributed by atoms with Crippen molar-refractivity contribution in [2.75, 3.05) is 16.8 Å². The van der Waals surface area contributed by atoms with Gasteiger partial charge in [-0.15, -0.1) is 5.10 Å². The van der Waals surface area contributed by atoms with Gasteiger partial charge in [0.1, 0.15) is 5.82 Å². The number of aromatic nitrogens is 3. The van der Waals surface area contributed by atoms with Crippen LogP contribution in [0.1, 0.15) is 5.56 Å². The number of nitrogens with one attached hydrogen (secondary N) is 1. The van der Waals surface area contributed by atoms with Gasteiger partial charge in [-0.3, -0.25) is 0 Å². The van der Waals surface area contributed by atoms with Gasteiger partial charge in [-0.2, -0.15) is 10.1 Å². The molecule has 0 aliphatic carbocycles. The fourth-order valence-corrected chi connectivity index (χ4v) is 2.72. The molecule has 0 unspecified atom stereocenters. The van der Waals surface area contributed by atoms with Crippen molar-refractivity contribution >= 4 is 23.1 Å². The van der Waals surface area contributed by atoms with Crippen LogP contribution in [0, 0.1) is 5.82 Å². The zero-order valence-electron chi connectivity index (χ0n) is 12.3. The molecule has 2 heterocycles. The average molecular weight is 307 g/mol. The molecular formula is C17H14FN5. The standard InChI is InChI=1S/C17H14FN5/c18-13-5-7-14(8-6-13)20-17-21-16(11-19-22-17)23-10-9-12-3-1-2-4-15(12)23/h1-8,11H,9-10H2,(H,20,21,22). The van der Waals surface area contributed by atoms with E-state index in [2.05, 4.69) is 37.5 Å². The molecule has 1 aromatic heterocycles.